The van der Waals surface area contributed by atoms with E-state index < -0.39 is 5.82 Å². The van der Waals surface area contributed by atoms with E-state index in [1.54, 1.807) is 0 Å². The van der Waals surface area contributed by atoms with Gasteiger partial charge in [-0.3, -0.25) is 9.59 Å². The second-order valence-electron chi connectivity index (χ2n) is 5.54. The fourth-order valence-corrected chi connectivity index (χ4v) is 3.37. The van der Waals surface area contributed by atoms with Crippen molar-refractivity contribution in [1.82, 2.24) is 0 Å². The van der Waals surface area contributed by atoms with Crippen LogP contribution in [0.25, 0.3) is 0 Å². The van der Waals surface area contributed by atoms with Crippen molar-refractivity contribution in [3.63, 3.8) is 0 Å². The number of hydrogen-bond donors (Lipinski definition) is 1. The van der Waals surface area contributed by atoms with Gasteiger partial charge in [-0.25, -0.2) is 9.29 Å². The Morgan fingerprint density at radius 1 is 1.19 bits per heavy atom. The van der Waals surface area contributed by atoms with Gasteiger partial charge in [0.25, 0.3) is 0 Å². The van der Waals surface area contributed by atoms with Crippen LogP contribution in [0.15, 0.2) is 18.2 Å². The Morgan fingerprint density at radius 3 is 2.24 bits per heavy atom. The third kappa shape index (κ3) is 2.23. The lowest BCUT2D eigenvalue weighted by atomic mass is 9.81. The number of benzene rings is 1. The van der Waals surface area contributed by atoms with Crippen LogP contribution in [0, 0.1) is 17.7 Å². The molecular weight excluding hydrogens is 291 g/mol. The fraction of sp³-hybridized carbons (Fsp3) is 0.400. The monoisotopic (exact) mass is 306 g/mol. The minimum atomic E-state index is -0.652. The molecule has 1 aromatic rings. The summed E-state index contributed by atoms with van der Waals surface area (Å²) in [5.74, 6) is -1.80. The Bertz CT molecular complexity index is 623. The lowest BCUT2D eigenvalue weighted by molar-refractivity contribution is -0.122. The number of amides is 2. The lowest BCUT2D eigenvalue weighted by Gasteiger charge is -2.19. The van der Waals surface area contributed by atoms with E-state index in [1.807, 2.05) is 0 Å². The molecule has 2 unspecified atom stereocenters. The van der Waals surface area contributed by atoms with Crippen LogP contribution in [0.5, 0.6) is 0 Å². The third-order valence-electron chi connectivity index (χ3n) is 4.31. The van der Waals surface area contributed by atoms with Gasteiger partial charge in [0.1, 0.15) is 10.8 Å². The number of anilines is 1. The number of rotatable bonds is 2. The van der Waals surface area contributed by atoms with Gasteiger partial charge in [-0.1, -0.05) is 25.1 Å². The molecule has 1 heterocycles. The molecule has 1 aliphatic heterocycles. The highest BCUT2D eigenvalue weighted by Gasteiger charge is 2.49. The Morgan fingerprint density at radius 2 is 1.76 bits per heavy atom. The van der Waals surface area contributed by atoms with Crippen LogP contribution in [0.3, 0.4) is 0 Å². The molecule has 21 heavy (non-hydrogen) atoms. The maximum Gasteiger partial charge on any atom is 0.237 e. The van der Waals surface area contributed by atoms with Gasteiger partial charge >= 0.3 is 0 Å². The Labute approximate surface area is 127 Å². The molecular formula is C15H15FN2O2S. The summed E-state index contributed by atoms with van der Waals surface area (Å²) in [5.41, 5.74) is 5.83. The number of carbonyl (C=O) groups is 2. The van der Waals surface area contributed by atoms with Crippen molar-refractivity contribution in [2.75, 3.05) is 4.90 Å². The molecule has 2 aliphatic rings. The van der Waals surface area contributed by atoms with Gasteiger partial charge < -0.3 is 5.73 Å². The summed E-state index contributed by atoms with van der Waals surface area (Å²) in [4.78, 5) is 25.9. The molecule has 0 bridgehead atoms. The van der Waals surface area contributed by atoms with E-state index in [9.17, 15) is 14.0 Å². The number of nitrogens with two attached hydrogens (primary N) is 1. The van der Waals surface area contributed by atoms with Gasteiger partial charge in [-0.05, 0) is 31.0 Å². The minimum absolute atomic E-state index is 0.000556. The first-order valence-electron chi connectivity index (χ1n) is 6.98. The van der Waals surface area contributed by atoms with E-state index in [2.05, 4.69) is 0 Å². The fourth-order valence-electron chi connectivity index (χ4n) is 3.24. The van der Waals surface area contributed by atoms with E-state index in [1.165, 1.54) is 18.2 Å². The predicted molar refractivity (Wildman–Crippen MR) is 80.2 cm³/mol. The maximum absolute atomic E-state index is 14.2. The first kappa shape index (κ1) is 14.1. The van der Waals surface area contributed by atoms with Crippen molar-refractivity contribution in [2.45, 2.75) is 25.7 Å². The highest BCUT2D eigenvalue weighted by molar-refractivity contribution is 7.80. The molecule has 2 fully saturated rings. The quantitative estimate of drug-likeness (QED) is 0.671. The smallest absolute Gasteiger partial charge is 0.237 e. The average molecular weight is 306 g/mol. The molecule has 1 saturated heterocycles. The summed E-state index contributed by atoms with van der Waals surface area (Å²) < 4.78 is 14.2. The van der Waals surface area contributed by atoms with Crippen LogP contribution < -0.4 is 10.6 Å². The Hall–Kier alpha value is -1.82. The number of halogens is 1. The van der Waals surface area contributed by atoms with Gasteiger partial charge in [-0.15, -0.1) is 0 Å². The molecule has 2 atom stereocenters. The van der Waals surface area contributed by atoms with E-state index in [0.29, 0.717) is 18.4 Å². The third-order valence-corrected chi connectivity index (χ3v) is 4.55. The van der Waals surface area contributed by atoms with Gasteiger partial charge in [0.15, 0.2) is 0 Å². The van der Waals surface area contributed by atoms with E-state index in [0.717, 1.165) is 17.7 Å². The van der Waals surface area contributed by atoms with Crippen molar-refractivity contribution < 1.29 is 14.0 Å². The number of carbonyl (C=O) groups excluding carboxylic acids is 2. The molecule has 0 radical (unpaired) electrons. The van der Waals surface area contributed by atoms with Crippen LogP contribution in [0.1, 0.15) is 31.2 Å². The molecule has 4 nitrogen and oxygen atoms in total. The standard InChI is InChI=1S/C15H15FN2O2S/c16-11-7-8(13(17)21)5-6-12(11)18-14(19)9-3-1-2-4-10(9)15(18)20/h5-7,9-10H,1-4H2,(H2,17,21). The zero-order chi connectivity index (χ0) is 15.1. The SMILES string of the molecule is NC(=S)c1ccc(N2C(=O)C3CCCCC3C2=O)c(F)c1. The highest BCUT2D eigenvalue weighted by Crippen LogP contribution is 2.40. The minimum Gasteiger partial charge on any atom is -0.389 e. The van der Waals surface area contributed by atoms with Crippen LogP contribution in [-0.4, -0.2) is 16.8 Å². The van der Waals surface area contributed by atoms with Crippen LogP contribution in [0.2, 0.25) is 0 Å². The molecule has 1 aromatic carbocycles. The molecule has 0 aromatic heterocycles. The lowest BCUT2D eigenvalue weighted by Crippen LogP contribution is -2.31. The first-order valence-corrected chi connectivity index (χ1v) is 7.38. The Balaban J connectivity index is 1.98. The topological polar surface area (TPSA) is 63.4 Å². The van der Waals surface area contributed by atoms with Crippen molar-refractivity contribution in [3.8, 4) is 0 Å². The largest absolute Gasteiger partial charge is 0.389 e. The number of nitrogens with zero attached hydrogens (tertiary/aromatic N) is 1. The van der Waals surface area contributed by atoms with E-state index >= 15 is 0 Å². The van der Waals surface area contributed by atoms with E-state index in [4.69, 9.17) is 18.0 Å². The number of thiocarbonyl (C=S) groups is 1. The molecule has 1 saturated carbocycles. The molecule has 1 aliphatic carbocycles. The summed E-state index contributed by atoms with van der Waals surface area (Å²) in [6, 6.07) is 4.10. The molecule has 2 N–H and O–H groups in total. The summed E-state index contributed by atoms with van der Waals surface area (Å²) in [6.45, 7) is 0. The normalized spacial score (nSPS) is 25.1. The predicted octanol–water partition coefficient (Wildman–Crippen LogP) is 2.14. The van der Waals surface area contributed by atoms with Crippen molar-refractivity contribution in [3.05, 3.63) is 29.6 Å². The van der Waals surface area contributed by atoms with Crippen LogP contribution >= 0.6 is 12.2 Å². The van der Waals surface area contributed by atoms with Gasteiger partial charge in [0.05, 0.1) is 17.5 Å². The summed E-state index contributed by atoms with van der Waals surface area (Å²) in [6.07, 6.45) is 3.30. The highest BCUT2D eigenvalue weighted by atomic mass is 32.1. The molecule has 0 spiro atoms. The molecule has 110 valence electrons. The average Bonchev–Trinajstić information content (AvgIpc) is 2.72. The number of imide groups is 1. The van der Waals surface area contributed by atoms with E-state index in [-0.39, 0.29) is 34.3 Å². The zero-order valence-electron chi connectivity index (χ0n) is 11.3. The van der Waals surface area contributed by atoms with Gasteiger partial charge in [0, 0.05) is 5.56 Å². The van der Waals surface area contributed by atoms with Gasteiger partial charge in [0.2, 0.25) is 11.8 Å². The summed E-state index contributed by atoms with van der Waals surface area (Å²) in [7, 11) is 0. The first-order chi connectivity index (χ1) is 10.0. The Kier molecular flexibility index (Phi) is 3.49. The second kappa shape index (κ2) is 5.18. The van der Waals surface area contributed by atoms with Crippen molar-refractivity contribution >= 4 is 34.7 Å². The number of hydrogen-bond acceptors (Lipinski definition) is 3. The second-order valence-corrected chi connectivity index (χ2v) is 5.98. The van der Waals surface area contributed by atoms with Gasteiger partial charge in [-0.2, -0.15) is 0 Å². The van der Waals surface area contributed by atoms with Crippen molar-refractivity contribution in [2.24, 2.45) is 17.6 Å². The molecule has 2 amide bonds. The molecule has 3 rings (SSSR count). The van der Waals surface area contributed by atoms with Crippen molar-refractivity contribution in [1.29, 1.82) is 0 Å². The van der Waals surface area contributed by atoms with Crippen LogP contribution in [-0.2, 0) is 9.59 Å². The molecule has 6 heteroatoms. The summed E-state index contributed by atoms with van der Waals surface area (Å²) >= 11 is 4.79. The summed E-state index contributed by atoms with van der Waals surface area (Å²) in [5, 5.41) is 0. The van der Waals surface area contributed by atoms with Crippen LogP contribution in [0.4, 0.5) is 10.1 Å². The zero-order valence-corrected chi connectivity index (χ0v) is 12.2. The maximum atomic E-state index is 14.2. The number of fused-ring (bicyclic) bond motifs is 1.